The highest BCUT2D eigenvalue weighted by molar-refractivity contribution is 7.99. The summed E-state index contributed by atoms with van der Waals surface area (Å²) in [4.78, 5) is 10.8. The van der Waals surface area contributed by atoms with Crippen LogP contribution in [-0.4, -0.2) is 24.0 Å². The third-order valence-electron chi connectivity index (χ3n) is 2.79. The quantitative estimate of drug-likeness (QED) is 0.795. The number of thioether (sulfide) groups is 1. The van der Waals surface area contributed by atoms with Gasteiger partial charge in [-0.15, -0.1) is 0 Å². The fourth-order valence-corrected chi connectivity index (χ4v) is 2.77. The second-order valence-electron chi connectivity index (χ2n) is 4.45. The van der Waals surface area contributed by atoms with Gasteiger partial charge in [0.2, 0.25) is 5.91 Å². The minimum Gasteiger partial charge on any atom is -0.369 e. The summed E-state index contributed by atoms with van der Waals surface area (Å²) in [7, 11) is 0. The van der Waals surface area contributed by atoms with E-state index < -0.39 is 0 Å². The van der Waals surface area contributed by atoms with Crippen LogP contribution in [0, 0.1) is 13.8 Å². The Kier molecular flexibility index (Phi) is 6.22. The van der Waals surface area contributed by atoms with Crippen LogP contribution in [0.1, 0.15) is 29.7 Å². The van der Waals surface area contributed by atoms with Crippen LogP contribution in [0.5, 0.6) is 0 Å². The van der Waals surface area contributed by atoms with E-state index in [0.717, 1.165) is 12.3 Å². The average Bonchev–Trinajstić information content (AvgIpc) is 2.31. The number of carbonyl (C=O) groups excluding carboxylic acids is 1. The summed E-state index contributed by atoms with van der Waals surface area (Å²) in [6, 6.07) is 6.76. The van der Waals surface area contributed by atoms with Crippen molar-refractivity contribution in [2.24, 2.45) is 5.73 Å². The van der Waals surface area contributed by atoms with Crippen molar-refractivity contribution in [3.05, 3.63) is 34.9 Å². The molecule has 0 aromatic heterocycles. The Morgan fingerprint density at radius 3 is 2.78 bits per heavy atom. The van der Waals surface area contributed by atoms with E-state index in [1.165, 1.54) is 16.7 Å². The molecule has 3 nitrogen and oxygen atoms in total. The lowest BCUT2D eigenvalue weighted by molar-refractivity contribution is -0.115. The van der Waals surface area contributed by atoms with Gasteiger partial charge in [0.15, 0.2) is 0 Å². The number of nitrogens with one attached hydrogen (secondary N) is 1. The molecule has 3 N–H and O–H groups in total. The fraction of sp³-hybridized carbons (Fsp3) is 0.500. The van der Waals surface area contributed by atoms with Crippen molar-refractivity contribution < 1.29 is 4.79 Å². The zero-order valence-electron chi connectivity index (χ0n) is 11.3. The highest BCUT2D eigenvalue weighted by atomic mass is 32.2. The van der Waals surface area contributed by atoms with Gasteiger partial charge >= 0.3 is 0 Å². The monoisotopic (exact) mass is 266 g/mol. The molecule has 0 saturated heterocycles. The largest absolute Gasteiger partial charge is 0.369 e. The molecular formula is C14H22N2OS. The Morgan fingerprint density at radius 1 is 1.44 bits per heavy atom. The summed E-state index contributed by atoms with van der Waals surface area (Å²) in [5.74, 6) is 0.990. The maximum atomic E-state index is 10.8. The van der Waals surface area contributed by atoms with E-state index in [1.807, 2.05) is 0 Å². The van der Waals surface area contributed by atoms with Gasteiger partial charge in [-0.1, -0.05) is 30.7 Å². The number of rotatable bonds is 7. The van der Waals surface area contributed by atoms with E-state index >= 15 is 0 Å². The predicted octanol–water partition coefficient (Wildman–Crippen LogP) is 2.17. The Labute approximate surface area is 114 Å². The molecule has 4 heteroatoms. The van der Waals surface area contributed by atoms with Crippen LogP contribution < -0.4 is 11.1 Å². The van der Waals surface area contributed by atoms with Gasteiger partial charge in [0.1, 0.15) is 0 Å². The topological polar surface area (TPSA) is 55.1 Å². The molecule has 0 saturated carbocycles. The molecule has 0 aliphatic heterocycles. The van der Waals surface area contributed by atoms with Crippen molar-refractivity contribution in [3.8, 4) is 0 Å². The summed E-state index contributed by atoms with van der Waals surface area (Å²) in [5, 5.41) is 3.47. The lowest BCUT2D eigenvalue weighted by Crippen LogP contribution is -2.25. The van der Waals surface area contributed by atoms with Crippen LogP contribution in [-0.2, 0) is 4.79 Å². The summed E-state index contributed by atoms with van der Waals surface area (Å²) in [6.07, 6.45) is 0. The van der Waals surface area contributed by atoms with E-state index in [9.17, 15) is 4.79 Å². The van der Waals surface area contributed by atoms with Crippen LogP contribution >= 0.6 is 11.8 Å². The maximum Gasteiger partial charge on any atom is 0.227 e. The number of carbonyl (C=O) groups is 1. The molecule has 1 aromatic carbocycles. The fourth-order valence-electron chi connectivity index (χ4n) is 1.92. The molecule has 0 radical (unpaired) electrons. The number of hydrogen-bond acceptors (Lipinski definition) is 3. The molecule has 0 heterocycles. The second-order valence-corrected chi connectivity index (χ2v) is 5.48. The van der Waals surface area contributed by atoms with E-state index in [4.69, 9.17) is 5.73 Å². The number of amides is 1. The first-order valence-electron chi connectivity index (χ1n) is 6.21. The Balaban J connectivity index is 2.76. The van der Waals surface area contributed by atoms with Crippen molar-refractivity contribution in [1.29, 1.82) is 0 Å². The van der Waals surface area contributed by atoms with Gasteiger partial charge in [-0.05, 0) is 31.5 Å². The third-order valence-corrected chi connectivity index (χ3v) is 3.85. The first kappa shape index (κ1) is 15.1. The highest BCUT2D eigenvalue weighted by Gasteiger charge is 2.13. The zero-order chi connectivity index (χ0) is 13.5. The number of primary amides is 1. The maximum absolute atomic E-state index is 10.8. The lowest BCUT2D eigenvalue weighted by Gasteiger charge is -2.20. The summed E-state index contributed by atoms with van der Waals surface area (Å²) in [5.41, 5.74) is 9.02. The van der Waals surface area contributed by atoms with Crippen molar-refractivity contribution >= 4 is 17.7 Å². The first-order valence-corrected chi connectivity index (χ1v) is 7.36. The predicted molar refractivity (Wildman–Crippen MR) is 78.9 cm³/mol. The minimum absolute atomic E-state index is 0.254. The van der Waals surface area contributed by atoms with Crippen molar-refractivity contribution in [2.45, 2.75) is 26.8 Å². The molecule has 0 bridgehead atoms. The molecule has 1 unspecified atom stereocenters. The number of nitrogens with two attached hydrogens (primary N) is 1. The SMILES string of the molecule is CCNC(CSCC(N)=O)c1cc(C)ccc1C. The second kappa shape index (κ2) is 7.44. The number of benzene rings is 1. The van der Waals surface area contributed by atoms with Crippen molar-refractivity contribution in [2.75, 3.05) is 18.1 Å². The molecular weight excluding hydrogens is 244 g/mol. The standard InChI is InChI=1S/C14H22N2OS/c1-4-16-13(8-18-9-14(15)17)12-7-10(2)5-6-11(12)3/h5-7,13,16H,4,8-9H2,1-3H3,(H2,15,17). The smallest absolute Gasteiger partial charge is 0.227 e. The normalized spacial score (nSPS) is 12.4. The van der Waals surface area contributed by atoms with Gasteiger partial charge in [0.05, 0.1) is 5.75 Å². The van der Waals surface area contributed by atoms with E-state index in [2.05, 4.69) is 44.3 Å². The van der Waals surface area contributed by atoms with E-state index in [-0.39, 0.29) is 11.9 Å². The Bertz CT molecular complexity index is 407. The molecule has 0 aliphatic carbocycles. The van der Waals surface area contributed by atoms with Gasteiger partial charge in [0.25, 0.3) is 0 Å². The van der Waals surface area contributed by atoms with Crippen molar-refractivity contribution in [1.82, 2.24) is 5.32 Å². The molecule has 100 valence electrons. The van der Waals surface area contributed by atoms with Crippen LogP contribution in [0.2, 0.25) is 0 Å². The summed E-state index contributed by atoms with van der Waals surface area (Å²) in [6.45, 7) is 7.23. The molecule has 1 aromatic rings. The molecule has 0 aliphatic rings. The number of hydrogen-bond donors (Lipinski definition) is 2. The lowest BCUT2D eigenvalue weighted by atomic mass is 10.00. The zero-order valence-corrected chi connectivity index (χ0v) is 12.1. The van der Waals surface area contributed by atoms with Gasteiger partial charge in [-0.2, -0.15) is 11.8 Å². The van der Waals surface area contributed by atoms with Gasteiger partial charge in [-0.3, -0.25) is 4.79 Å². The average molecular weight is 266 g/mol. The minimum atomic E-state index is -0.254. The first-order chi connectivity index (χ1) is 8.54. The molecule has 1 amide bonds. The van der Waals surface area contributed by atoms with Gasteiger partial charge in [0, 0.05) is 11.8 Å². The third kappa shape index (κ3) is 4.70. The van der Waals surface area contributed by atoms with Crippen LogP contribution in [0.4, 0.5) is 0 Å². The Hall–Kier alpha value is -1.00. The Morgan fingerprint density at radius 2 is 2.17 bits per heavy atom. The molecule has 18 heavy (non-hydrogen) atoms. The van der Waals surface area contributed by atoms with E-state index in [1.54, 1.807) is 11.8 Å². The highest BCUT2D eigenvalue weighted by Crippen LogP contribution is 2.22. The van der Waals surface area contributed by atoms with Crippen LogP contribution in [0.25, 0.3) is 0 Å². The summed E-state index contributed by atoms with van der Waals surface area (Å²) < 4.78 is 0. The molecule has 0 fully saturated rings. The molecule has 0 spiro atoms. The van der Waals surface area contributed by atoms with E-state index in [0.29, 0.717) is 5.75 Å². The number of aryl methyl sites for hydroxylation is 2. The molecule has 1 rings (SSSR count). The van der Waals surface area contributed by atoms with Crippen molar-refractivity contribution in [3.63, 3.8) is 0 Å². The van der Waals surface area contributed by atoms with Gasteiger partial charge < -0.3 is 11.1 Å². The van der Waals surface area contributed by atoms with Crippen LogP contribution in [0.15, 0.2) is 18.2 Å². The summed E-state index contributed by atoms with van der Waals surface area (Å²) >= 11 is 1.58. The van der Waals surface area contributed by atoms with Crippen LogP contribution in [0.3, 0.4) is 0 Å². The molecule has 1 atom stereocenters. The van der Waals surface area contributed by atoms with Gasteiger partial charge in [-0.25, -0.2) is 0 Å².